The van der Waals surface area contributed by atoms with E-state index in [0.29, 0.717) is 17.8 Å². The van der Waals surface area contributed by atoms with Gasteiger partial charge in [-0.25, -0.2) is 4.39 Å². The van der Waals surface area contributed by atoms with Gasteiger partial charge in [0.25, 0.3) is 5.91 Å². The number of carbonyl (C=O) groups excluding carboxylic acids is 2. The summed E-state index contributed by atoms with van der Waals surface area (Å²) in [7, 11) is 0. The summed E-state index contributed by atoms with van der Waals surface area (Å²) in [4.78, 5) is 26.1. The lowest BCUT2D eigenvalue weighted by Crippen LogP contribution is -2.48. The predicted octanol–water partition coefficient (Wildman–Crippen LogP) is 2.97. The fraction of sp³-hybridized carbons (Fsp3) is 0.222. The summed E-state index contributed by atoms with van der Waals surface area (Å²) >= 11 is 0. The number of amides is 2. The van der Waals surface area contributed by atoms with Crippen LogP contribution in [-0.2, 0) is 9.59 Å². The first-order valence-corrected chi connectivity index (χ1v) is 7.71. The van der Waals surface area contributed by atoms with Gasteiger partial charge in [0.2, 0.25) is 5.91 Å². The zero-order chi connectivity index (χ0) is 17.1. The molecule has 124 valence electrons. The zero-order valence-electron chi connectivity index (χ0n) is 13.2. The Labute approximate surface area is 139 Å². The molecule has 6 heteroatoms. The minimum absolute atomic E-state index is 0.0208. The third-order valence-electron chi connectivity index (χ3n) is 3.79. The Hall–Kier alpha value is -2.89. The van der Waals surface area contributed by atoms with Crippen LogP contribution in [0.25, 0.3) is 0 Å². The number of para-hydroxylation sites is 3. The zero-order valence-corrected chi connectivity index (χ0v) is 13.2. The minimum Gasteiger partial charge on any atom is -0.478 e. The van der Waals surface area contributed by atoms with E-state index in [2.05, 4.69) is 5.32 Å². The van der Waals surface area contributed by atoms with Gasteiger partial charge in [0.1, 0.15) is 6.54 Å². The van der Waals surface area contributed by atoms with E-state index < -0.39 is 11.9 Å². The smallest absolute Gasteiger partial charge is 0.268 e. The summed E-state index contributed by atoms with van der Waals surface area (Å²) in [5, 5.41) is 2.73. The van der Waals surface area contributed by atoms with Crippen molar-refractivity contribution in [3.63, 3.8) is 0 Å². The summed E-state index contributed by atoms with van der Waals surface area (Å²) in [6.07, 6.45) is -0.520. The Morgan fingerprint density at radius 2 is 1.96 bits per heavy atom. The number of benzene rings is 2. The second-order valence-corrected chi connectivity index (χ2v) is 5.43. The van der Waals surface area contributed by atoms with Gasteiger partial charge in [-0.2, -0.15) is 0 Å². The molecule has 2 amide bonds. The summed E-state index contributed by atoms with van der Waals surface area (Å²) < 4.78 is 19.3. The highest BCUT2D eigenvalue weighted by atomic mass is 19.1. The van der Waals surface area contributed by atoms with Gasteiger partial charge in [-0.15, -0.1) is 0 Å². The largest absolute Gasteiger partial charge is 0.478 e. The number of hydrogen-bond acceptors (Lipinski definition) is 3. The Morgan fingerprint density at radius 1 is 1.25 bits per heavy atom. The minimum atomic E-state index is -0.874. The van der Waals surface area contributed by atoms with Crippen LogP contribution in [0.5, 0.6) is 5.75 Å². The summed E-state index contributed by atoms with van der Waals surface area (Å²) in [6, 6.07) is 13.0. The average molecular weight is 328 g/mol. The molecule has 0 unspecified atom stereocenters. The molecule has 0 fully saturated rings. The second kappa shape index (κ2) is 6.70. The van der Waals surface area contributed by atoms with Gasteiger partial charge >= 0.3 is 0 Å². The van der Waals surface area contributed by atoms with Crippen LogP contribution in [0.1, 0.15) is 13.3 Å². The quantitative estimate of drug-likeness (QED) is 0.939. The van der Waals surface area contributed by atoms with E-state index in [1.807, 2.05) is 0 Å². The van der Waals surface area contributed by atoms with Crippen LogP contribution in [-0.4, -0.2) is 24.5 Å². The number of fused-ring (bicyclic) bond motifs is 1. The number of rotatable bonds is 4. The maximum atomic E-state index is 13.8. The van der Waals surface area contributed by atoms with Crippen LogP contribution in [0, 0.1) is 5.82 Å². The topological polar surface area (TPSA) is 58.6 Å². The Morgan fingerprint density at radius 3 is 2.71 bits per heavy atom. The van der Waals surface area contributed by atoms with Crippen molar-refractivity contribution in [2.45, 2.75) is 19.4 Å². The number of hydrogen-bond donors (Lipinski definition) is 1. The lowest BCUT2D eigenvalue weighted by atomic mass is 10.1. The molecular weight excluding hydrogens is 311 g/mol. The van der Waals surface area contributed by atoms with Crippen molar-refractivity contribution >= 4 is 23.2 Å². The van der Waals surface area contributed by atoms with Crippen LogP contribution >= 0.6 is 0 Å². The molecular formula is C18H17FN2O3. The van der Waals surface area contributed by atoms with Crippen LogP contribution in [0.3, 0.4) is 0 Å². The Kier molecular flexibility index (Phi) is 4.46. The lowest BCUT2D eigenvalue weighted by molar-refractivity contribution is -0.127. The average Bonchev–Trinajstić information content (AvgIpc) is 2.59. The van der Waals surface area contributed by atoms with Gasteiger partial charge in [0, 0.05) is 0 Å². The molecule has 1 heterocycles. The van der Waals surface area contributed by atoms with Gasteiger partial charge in [0.15, 0.2) is 17.7 Å². The third kappa shape index (κ3) is 3.08. The van der Waals surface area contributed by atoms with Crippen molar-refractivity contribution in [2.24, 2.45) is 0 Å². The molecule has 5 nitrogen and oxygen atoms in total. The van der Waals surface area contributed by atoms with Crippen LogP contribution in [0.15, 0.2) is 48.5 Å². The molecule has 0 spiro atoms. The molecule has 1 N–H and O–H groups in total. The number of anilines is 2. The SMILES string of the molecule is CC[C@@H](Oc1ccccc1F)C(=O)N1CC(=O)Nc2ccccc21. The number of nitrogens with zero attached hydrogens (tertiary/aromatic N) is 1. The summed E-state index contributed by atoms with van der Waals surface area (Å²) in [5.74, 6) is -1.15. The van der Waals surface area contributed by atoms with Gasteiger partial charge in [-0.05, 0) is 30.7 Å². The van der Waals surface area contributed by atoms with Gasteiger partial charge < -0.3 is 10.1 Å². The molecule has 1 aliphatic rings. The van der Waals surface area contributed by atoms with E-state index in [-0.39, 0.29) is 24.1 Å². The summed E-state index contributed by atoms with van der Waals surface area (Å²) in [6.45, 7) is 1.69. The standard InChI is InChI=1S/C18H17FN2O3/c1-2-15(24-16-10-6-3-7-12(16)19)18(23)21-11-17(22)20-13-8-4-5-9-14(13)21/h3-10,15H,2,11H2,1H3,(H,20,22)/t15-/m1/s1. The van der Waals surface area contributed by atoms with Crippen molar-refractivity contribution in [1.29, 1.82) is 0 Å². The van der Waals surface area contributed by atoms with E-state index in [1.54, 1.807) is 43.3 Å². The Balaban J connectivity index is 1.87. The Bertz CT molecular complexity index is 778. The second-order valence-electron chi connectivity index (χ2n) is 5.43. The fourth-order valence-corrected chi connectivity index (χ4v) is 2.61. The van der Waals surface area contributed by atoms with Gasteiger partial charge in [-0.3, -0.25) is 14.5 Å². The third-order valence-corrected chi connectivity index (χ3v) is 3.79. The number of carbonyl (C=O) groups is 2. The molecule has 1 atom stereocenters. The van der Waals surface area contributed by atoms with Gasteiger partial charge in [0.05, 0.1) is 11.4 Å². The van der Waals surface area contributed by atoms with Crippen molar-refractivity contribution < 1.29 is 18.7 Å². The van der Waals surface area contributed by atoms with E-state index in [9.17, 15) is 14.0 Å². The monoisotopic (exact) mass is 328 g/mol. The van der Waals surface area contributed by atoms with Gasteiger partial charge in [-0.1, -0.05) is 31.2 Å². The van der Waals surface area contributed by atoms with Crippen molar-refractivity contribution in [3.05, 3.63) is 54.3 Å². The molecule has 3 rings (SSSR count). The highest BCUT2D eigenvalue weighted by Crippen LogP contribution is 2.30. The maximum Gasteiger partial charge on any atom is 0.268 e. The molecule has 0 saturated carbocycles. The first kappa shape index (κ1) is 16.0. The highest BCUT2D eigenvalue weighted by Gasteiger charge is 2.32. The van der Waals surface area contributed by atoms with Crippen LogP contribution in [0.2, 0.25) is 0 Å². The highest BCUT2D eigenvalue weighted by molar-refractivity contribution is 6.11. The van der Waals surface area contributed by atoms with Crippen LogP contribution < -0.4 is 15.0 Å². The number of halogens is 1. The van der Waals surface area contributed by atoms with E-state index in [1.165, 1.54) is 17.0 Å². The van der Waals surface area contributed by atoms with Crippen molar-refractivity contribution in [1.82, 2.24) is 0 Å². The molecule has 2 aromatic carbocycles. The van der Waals surface area contributed by atoms with E-state index in [0.717, 1.165) is 0 Å². The molecule has 0 aliphatic carbocycles. The fourth-order valence-electron chi connectivity index (χ4n) is 2.61. The molecule has 2 aromatic rings. The van der Waals surface area contributed by atoms with Crippen LogP contribution in [0.4, 0.5) is 15.8 Å². The molecule has 0 bridgehead atoms. The first-order valence-electron chi connectivity index (χ1n) is 7.71. The maximum absolute atomic E-state index is 13.8. The number of ether oxygens (including phenoxy) is 1. The van der Waals surface area contributed by atoms with E-state index >= 15 is 0 Å². The normalized spacial score (nSPS) is 14.6. The lowest BCUT2D eigenvalue weighted by Gasteiger charge is -2.31. The van der Waals surface area contributed by atoms with E-state index in [4.69, 9.17) is 4.74 Å². The number of nitrogens with one attached hydrogen (secondary N) is 1. The molecule has 0 radical (unpaired) electrons. The van der Waals surface area contributed by atoms with Crippen molar-refractivity contribution in [2.75, 3.05) is 16.8 Å². The molecule has 0 aromatic heterocycles. The first-order chi connectivity index (χ1) is 11.6. The molecule has 0 saturated heterocycles. The molecule has 1 aliphatic heterocycles. The molecule has 24 heavy (non-hydrogen) atoms. The summed E-state index contributed by atoms with van der Waals surface area (Å²) in [5.41, 5.74) is 1.18. The van der Waals surface area contributed by atoms with Crippen molar-refractivity contribution in [3.8, 4) is 5.75 Å². The predicted molar refractivity (Wildman–Crippen MR) is 88.5 cm³/mol.